The summed E-state index contributed by atoms with van der Waals surface area (Å²) in [7, 11) is 0. The van der Waals surface area contributed by atoms with Crippen LogP contribution >= 0.6 is 0 Å². The van der Waals surface area contributed by atoms with Crippen molar-refractivity contribution in [3.8, 4) is 0 Å². The Morgan fingerprint density at radius 1 is 1.28 bits per heavy atom. The standard InChI is InChI=1S/C18H25N3O4/c1-5-11(4)14(17(23)24)20-18(25)21-13-9-7-6-8-12(13)19-16(22)15(21)10(2)3/h6-11,14-15H,5H2,1-4H3,(H,19,22)(H,20,25)(H,23,24)/t11-,14-,15+/m0/s1. The fraction of sp³-hybridized carbons (Fsp3) is 0.500. The van der Waals surface area contributed by atoms with Crippen LogP contribution in [-0.4, -0.2) is 35.1 Å². The van der Waals surface area contributed by atoms with Gasteiger partial charge in [0.25, 0.3) is 0 Å². The maximum Gasteiger partial charge on any atom is 0.326 e. The van der Waals surface area contributed by atoms with Crippen LogP contribution < -0.4 is 15.5 Å². The van der Waals surface area contributed by atoms with Gasteiger partial charge in [-0.1, -0.05) is 46.2 Å². The average Bonchev–Trinajstić information content (AvgIpc) is 2.56. The maximum absolute atomic E-state index is 12.9. The number of para-hydroxylation sites is 2. The van der Waals surface area contributed by atoms with Crippen molar-refractivity contribution < 1.29 is 19.5 Å². The van der Waals surface area contributed by atoms with Crippen molar-refractivity contribution in [1.82, 2.24) is 5.32 Å². The molecule has 0 spiro atoms. The van der Waals surface area contributed by atoms with Gasteiger partial charge < -0.3 is 15.7 Å². The number of carbonyl (C=O) groups is 3. The quantitative estimate of drug-likeness (QED) is 0.762. The zero-order chi connectivity index (χ0) is 18.7. The van der Waals surface area contributed by atoms with Gasteiger partial charge in [0.2, 0.25) is 5.91 Å². The Morgan fingerprint density at radius 3 is 2.48 bits per heavy atom. The summed E-state index contributed by atoms with van der Waals surface area (Å²) in [5.74, 6) is -1.73. The Balaban J connectivity index is 2.40. The first-order valence-electron chi connectivity index (χ1n) is 8.50. The lowest BCUT2D eigenvalue weighted by atomic mass is 9.97. The number of hydrogen-bond donors (Lipinski definition) is 3. The third-order valence-electron chi connectivity index (χ3n) is 4.58. The molecule has 0 unspecified atom stereocenters. The van der Waals surface area contributed by atoms with Crippen LogP contribution in [0.1, 0.15) is 34.1 Å². The third kappa shape index (κ3) is 3.75. The van der Waals surface area contributed by atoms with Crippen molar-refractivity contribution in [3.63, 3.8) is 0 Å². The Labute approximate surface area is 147 Å². The second kappa shape index (κ2) is 7.55. The molecule has 2 rings (SSSR count). The van der Waals surface area contributed by atoms with Crippen LogP contribution in [0.25, 0.3) is 0 Å². The molecule has 0 fully saturated rings. The van der Waals surface area contributed by atoms with E-state index in [1.54, 1.807) is 31.2 Å². The van der Waals surface area contributed by atoms with Crippen LogP contribution in [0.5, 0.6) is 0 Å². The second-order valence-corrected chi connectivity index (χ2v) is 6.72. The number of carbonyl (C=O) groups excluding carboxylic acids is 2. The highest BCUT2D eigenvalue weighted by molar-refractivity contribution is 6.12. The van der Waals surface area contributed by atoms with Crippen molar-refractivity contribution in [2.45, 2.75) is 46.2 Å². The Bertz CT molecular complexity index is 674. The van der Waals surface area contributed by atoms with Gasteiger partial charge in [-0.05, 0) is 24.0 Å². The van der Waals surface area contributed by atoms with Crippen LogP contribution in [0.4, 0.5) is 16.2 Å². The molecule has 1 aliphatic heterocycles. The molecular formula is C18H25N3O4. The maximum atomic E-state index is 12.9. The number of aliphatic carboxylic acids is 1. The van der Waals surface area contributed by atoms with Gasteiger partial charge in [-0.2, -0.15) is 0 Å². The smallest absolute Gasteiger partial charge is 0.326 e. The minimum absolute atomic E-state index is 0.133. The fourth-order valence-electron chi connectivity index (χ4n) is 2.99. The summed E-state index contributed by atoms with van der Waals surface area (Å²) in [4.78, 5) is 38.3. The lowest BCUT2D eigenvalue weighted by Crippen LogP contribution is -2.59. The van der Waals surface area contributed by atoms with Crippen molar-refractivity contribution >= 4 is 29.3 Å². The molecule has 1 aliphatic rings. The largest absolute Gasteiger partial charge is 0.480 e. The van der Waals surface area contributed by atoms with E-state index in [1.807, 2.05) is 20.8 Å². The summed E-state index contributed by atoms with van der Waals surface area (Å²) in [6, 6.07) is 4.70. The molecule has 7 heteroatoms. The van der Waals surface area contributed by atoms with Crippen molar-refractivity contribution in [2.75, 3.05) is 10.2 Å². The van der Waals surface area contributed by atoms with Crippen molar-refractivity contribution in [3.05, 3.63) is 24.3 Å². The van der Waals surface area contributed by atoms with E-state index < -0.39 is 24.1 Å². The number of nitrogens with zero attached hydrogens (tertiary/aromatic N) is 1. The lowest BCUT2D eigenvalue weighted by molar-refractivity contribution is -0.140. The molecule has 1 heterocycles. The van der Waals surface area contributed by atoms with E-state index in [1.165, 1.54) is 4.90 Å². The molecule has 0 saturated carbocycles. The molecule has 3 atom stereocenters. The zero-order valence-electron chi connectivity index (χ0n) is 14.9. The van der Waals surface area contributed by atoms with Crippen LogP contribution in [0.15, 0.2) is 24.3 Å². The minimum Gasteiger partial charge on any atom is -0.480 e. The molecule has 3 amide bonds. The molecule has 7 nitrogen and oxygen atoms in total. The van der Waals surface area contributed by atoms with Gasteiger partial charge in [-0.15, -0.1) is 0 Å². The summed E-state index contributed by atoms with van der Waals surface area (Å²) < 4.78 is 0. The Morgan fingerprint density at radius 2 is 1.92 bits per heavy atom. The first kappa shape index (κ1) is 18.8. The molecule has 25 heavy (non-hydrogen) atoms. The third-order valence-corrected chi connectivity index (χ3v) is 4.58. The number of urea groups is 1. The topological polar surface area (TPSA) is 98.7 Å². The number of amides is 3. The van der Waals surface area contributed by atoms with Gasteiger partial charge in [-0.3, -0.25) is 9.69 Å². The molecular weight excluding hydrogens is 322 g/mol. The van der Waals surface area contributed by atoms with E-state index in [0.717, 1.165) is 0 Å². The van der Waals surface area contributed by atoms with Crippen LogP contribution in [0, 0.1) is 11.8 Å². The molecule has 0 aromatic heterocycles. The summed E-state index contributed by atoms with van der Waals surface area (Å²) >= 11 is 0. The number of fused-ring (bicyclic) bond motifs is 1. The highest BCUT2D eigenvalue weighted by atomic mass is 16.4. The van der Waals surface area contributed by atoms with E-state index >= 15 is 0 Å². The first-order valence-corrected chi connectivity index (χ1v) is 8.50. The molecule has 136 valence electrons. The van der Waals surface area contributed by atoms with Crippen molar-refractivity contribution in [2.24, 2.45) is 11.8 Å². The van der Waals surface area contributed by atoms with Crippen LogP contribution in [0.3, 0.4) is 0 Å². The average molecular weight is 347 g/mol. The fourth-order valence-corrected chi connectivity index (χ4v) is 2.99. The normalized spacial score (nSPS) is 19.0. The number of rotatable bonds is 5. The van der Waals surface area contributed by atoms with E-state index in [0.29, 0.717) is 17.8 Å². The summed E-state index contributed by atoms with van der Waals surface area (Å²) in [6.07, 6.45) is 0.613. The highest BCUT2D eigenvalue weighted by Gasteiger charge is 2.40. The first-order chi connectivity index (χ1) is 11.8. The summed E-state index contributed by atoms with van der Waals surface area (Å²) in [5, 5.41) is 14.8. The van der Waals surface area contributed by atoms with Gasteiger partial charge in [0, 0.05) is 0 Å². The Kier molecular flexibility index (Phi) is 5.66. The number of hydrogen-bond acceptors (Lipinski definition) is 3. The molecule has 1 aromatic rings. The lowest BCUT2D eigenvalue weighted by Gasteiger charge is -2.39. The minimum atomic E-state index is -1.08. The predicted octanol–water partition coefficient (Wildman–Crippen LogP) is 2.68. The van der Waals surface area contributed by atoms with Gasteiger partial charge in [0.15, 0.2) is 0 Å². The summed E-state index contributed by atoms with van der Waals surface area (Å²) in [5.41, 5.74) is 1.10. The number of nitrogens with one attached hydrogen (secondary N) is 2. The van der Waals surface area contributed by atoms with Gasteiger partial charge in [0.05, 0.1) is 11.4 Å². The highest BCUT2D eigenvalue weighted by Crippen LogP contribution is 2.34. The monoisotopic (exact) mass is 347 g/mol. The molecule has 0 aliphatic carbocycles. The molecule has 3 N–H and O–H groups in total. The molecule has 0 radical (unpaired) electrons. The number of carboxylic acids is 1. The number of benzene rings is 1. The number of anilines is 2. The summed E-state index contributed by atoms with van der Waals surface area (Å²) in [6.45, 7) is 7.34. The predicted molar refractivity (Wildman–Crippen MR) is 95.6 cm³/mol. The second-order valence-electron chi connectivity index (χ2n) is 6.72. The van der Waals surface area contributed by atoms with Crippen molar-refractivity contribution in [1.29, 1.82) is 0 Å². The van der Waals surface area contributed by atoms with E-state index in [9.17, 15) is 19.5 Å². The van der Waals surface area contributed by atoms with Crippen LogP contribution in [-0.2, 0) is 9.59 Å². The molecule has 0 saturated heterocycles. The van der Waals surface area contributed by atoms with Gasteiger partial charge >= 0.3 is 12.0 Å². The SMILES string of the molecule is CC[C@H](C)[C@H](NC(=O)N1c2ccccc2NC(=O)[C@H]1C(C)C)C(=O)O. The zero-order valence-corrected chi connectivity index (χ0v) is 14.9. The Hall–Kier alpha value is -2.57. The van der Waals surface area contributed by atoms with Crippen LogP contribution in [0.2, 0.25) is 0 Å². The van der Waals surface area contributed by atoms with Gasteiger partial charge in [-0.25, -0.2) is 9.59 Å². The molecule has 1 aromatic carbocycles. The van der Waals surface area contributed by atoms with E-state index in [2.05, 4.69) is 10.6 Å². The van der Waals surface area contributed by atoms with Gasteiger partial charge in [0.1, 0.15) is 12.1 Å². The number of carboxylic acid groups (broad SMARTS) is 1. The van der Waals surface area contributed by atoms with E-state index in [-0.39, 0.29) is 17.7 Å². The van der Waals surface area contributed by atoms with E-state index in [4.69, 9.17) is 0 Å². The molecule has 0 bridgehead atoms.